The van der Waals surface area contributed by atoms with Gasteiger partial charge in [-0.3, -0.25) is 4.79 Å². The highest BCUT2D eigenvalue weighted by Gasteiger charge is 2.23. The molecule has 0 aliphatic carbocycles. The standard InChI is InChI=1S/C14H20N2OS.ClH/c1-2-13-10-16(7-8-18-13)14(17)12-5-3-11(9-15)4-6-12;/h3-6,13H,2,7-10,15H2,1H3;1H. The fraction of sp³-hybridized carbons (Fsp3) is 0.500. The van der Waals surface area contributed by atoms with Gasteiger partial charge in [0.05, 0.1) is 0 Å². The third kappa shape index (κ3) is 4.13. The van der Waals surface area contributed by atoms with E-state index in [1.165, 1.54) is 0 Å². The summed E-state index contributed by atoms with van der Waals surface area (Å²) < 4.78 is 0. The molecule has 5 heteroatoms. The van der Waals surface area contributed by atoms with Crippen LogP contribution in [0.15, 0.2) is 24.3 Å². The average molecular weight is 301 g/mol. The summed E-state index contributed by atoms with van der Waals surface area (Å²) in [5.74, 6) is 1.20. The number of nitrogens with two attached hydrogens (primary N) is 1. The van der Waals surface area contributed by atoms with Crippen LogP contribution in [-0.2, 0) is 6.54 Å². The second-order valence-corrected chi connectivity index (χ2v) is 5.96. The van der Waals surface area contributed by atoms with Gasteiger partial charge in [0, 0.05) is 36.2 Å². The van der Waals surface area contributed by atoms with Crippen molar-refractivity contribution in [2.45, 2.75) is 25.1 Å². The zero-order valence-electron chi connectivity index (χ0n) is 11.2. The van der Waals surface area contributed by atoms with Crippen molar-refractivity contribution in [2.24, 2.45) is 5.73 Å². The number of carbonyl (C=O) groups is 1. The van der Waals surface area contributed by atoms with Crippen LogP contribution in [0.1, 0.15) is 29.3 Å². The predicted molar refractivity (Wildman–Crippen MR) is 84.0 cm³/mol. The molecule has 0 bridgehead atoms. The zero-order chi connectivity index (χ0) is 13.0. The summed E-state index contributed by atoms with van der Waals surface area (Å²) in [7, 11) is 0. The lowest BCUT2D eigenvalue weighted by Crippen LogP contribution is -2.41. The molecule has 0 spiro atoms. The van der Waals surface area contributed by atoms with Crippen molar-refractivity contribution < 1.29 is 4.79 Å². The Morgan fingerprint density at radius 1 is 1.42 bits per heavy atom. The molecule has 0 aromatic heterocycles. The molecule has 106 valence electrons. The first-order valence-electron chi connectivity index (χ1n) is 6.44. The molecule has 1 unspecified atom stereocenters. The Balaban J connectivity index is 0.00000180. The third-order valence-electron chi connectivity index (χ3n) is 3.32. The van der Waals surface area contributed by atoms with E-state index in [0.717, 1.165) is 36.4 Å². The minimum Gasteiger partial charge on any atom is -0.337 e. The molecule has 0 radical (unpaired) electrons. The first-order chi connectivity index (χ1) is 8.74. The SMILES string of the molecule is CCC1CN(C(=O)c2ccc(CN)cc2)CCS1.Cl. The average Bonchev–Trinajstić information content (AvgIpc) is 2.46. The van der Waals surface area contributed by atoms with Crippen LogP contribution in [0.3, 0.4) is 0 Å². The van der Waals surface area contributed by atoms with E-state index >= 15 is 0 Å². The van der Waals surface area contributed by atoms with Crippen LogP contribution in [0.2, 0.25) is 0 Å². The highest BCUT2D eigenvalue weighted by molar-refractivity contribution is 8.00. The van der Waals surface area contributed by atoms with Crippen molar-refractivity contribution >= 4 is 30.1 Å². The van der Waals surface area contributed by atoms with Crippen LogP contribution in [0.25, 0.3) is 0 Å². The van der Waals surface area contributed by atoms with Gasteiger partial charge in [-0.25, -0.2) is 0 Å². The fourth-order valence-electron chi connectivity index (χ4n) is 2.12. The van der Waals surface area contributed by atoms with Crippen molar-refractivity contribution in [1.29, 1.82) is 0 Å². The number of rotatable bonds is 3. The molecule has 1 heterocycles. The second kappa shape index (κ2) is 7.78. The monoisotopic (exact) mass is 300 g/mol. The molecular weight excluding hydrogens is 280 g/mol. The molecule has 1 aliphatic rings. The van der Waals surface area contributed by atoms with Gasteiger partial charge in [-0.15, -0.1) is 12.4 Å². The van der Waals surface area contributed by atoms with Crippen LogP contribution in [-0.4, -0.2) is 34.9 Å². The Morgan fingerprint density at radius 3 is 2.68 bits per heavy atom. The molecule has 2 rings (SSSR count). The molecule has 3 nitrogen and oxygen atoms in total. The van der Waals surface area contributed by atoms with Gasteiger partial charge in [-0.1, -0.05) is 19.1 Å². The van der Waals surface area contributed by atoms with Crippen molar-refractivity contribution in [3.63, 3.8) is 0 Å². The maximum Gasteiger partial charge on any atom is 0.253 e. The van der Waals surface area contributed by atoms with E-state index in [0.29, 0.717) is 11.8 Å². The summed E-state index contributed by atoms with van der Waals surface area (Å²) in [5, 5.41) is 0.589. The number of thioether (sulfide) groups is 1. The van der Waals surface area contributed by atoms with E-state index in [9.17, 15) is 4.79 Å². The molecule has 1 aromatic carbocycles. The minimum absolute atomic E-state index is 0. The normalized spacial score (nSPS) is 18.8. The summed E-state index contributed by atoms with van der Waals surface area (Å²) in [4.78, 5) is 14.3. The van der Waals surface area contributed by atoms with Crippen molar-refractivity contribution in [3.8, 4) is 0 Å². The van der Waals surface area contributed by atoms with Gasteiger partial charge in [-0.2, -0.15) is 11.8 Å². The Bertz CT molecular complexity index is 410. The van der Waals surface area contributed by atoms with Crippen molar-refractivity contribution in [1.82, 2.24) is 4.90 Å². The summed E-state index contributed by atoms with van der Waals surface area (Å²) >= 11 is 1.98. The smallest absolute Gasteiger partial charge is 0.253 e. The Kier molecular flexibility index (Phi) is 6.69. The van der Waals surface area contributed by atoms with Crippen molar-refractivity contribution in [3.05, 3.63) is 35.4 Å². The number of carbonyl (C=O) groups excluding carboxylic acids is 1. The first-order valence-corrected chi connectivity index (χ1v) is 7.49. The van der Waals surface area contributed by atoms with Crippen molar-refractivity contribution in [2.75, 3.05) is 18.8 Å². The van der Waals surface area contributed by atoms with E-state index in [4.69, 9.17) is 5.73 Å². The Labute approximate surface area is 125 Å². The minimum atomic E-state index is 0. The maximum atomic E-state index is 12.3. The van der Waals surface area contributed by atoms with E-state index in [1.54, 1.807) is 0 Å². The highest BCUT2D eigenvalue weighted by atomic mass is 35.5. The molecule has 1 aliphatic heterocycles. The van der Waals surface area contributed by atoms with Gasteiger partial charge >= 0.3 is 0 Å². The van der Waals surface area contributed by atoms with E-state index in [1.807, 2.05) is 40.9 Å². The molecule has 2 N–H and O–H groups in total. The fourth-order valence-corrected chi connectivity index (χ4v) is 3.30. The van der Waals surface area contributed by atoms with Crippen LogP contribution in [0, 0.1) is 0 Å². The molecular formula is C14H21ClN2OS. The summed E-state index contributed by atoms with van der Waals surface area (Å²) in [6, 6.07) is 7.63. The number of halogens is 1. The quantitative estimate of drug-likeness (QED) is 0.933. The van der Waals surface area contributed by atoms with E-state index in [-0.39, 0.29) is 18.3 Å². The number of benzene rings is 1. The number of hydrogen-bond acceptors (Lipinski definition) is 3. The van der Waals surface area contributed by atoms with Gasteiger partial charge in [0.2, 0.25) is 0 Å². The number of amides is 1. The lowest BCUT2D eigenvalue weighted by atomic mass is 10.1. The lowest BCUT2D eigenvalue weighted by Gasteiger charge is -2.32. The van der Waals surface area contributed by atoms with Crippen LogP contribution < -0.4 is 5.73 Å². The van der Waals surface area contributed by atoms with Crippen LogP contribution in [0.5, 0.6) is 0 Å². The molecule has 1 amide bonds. The molecule has 0 saturated carbocycles. The largest absolute Gasteiger partial charge is 0.337 e. The van der Waals surface area contributed by atoms with Gasteiger partial charge in [0.15, 0.2) is 0 Å². The molecule has 1 aromatic rings. The summed E-state index contributed by atoms with van der Waals surface area (Å²) in [6.07, 6.45) is 1.13. The van der Waals surface area contributed by atoms with E-state index in [2.05, 4.69) is 6.92 Å². The lowest BCUT2D eigenvalue weighted by molar-refractivity contribution is 0.0761. The molecule has 1 saturated heterocycles. The number of hydrogen-bond donors (Lipinski definition) is 1. The maximum absolute atomic E-state index is 12.3. The zero-order valence-corrected chi connectivity index (χ0v) is 12.8. The van der Waals surface area contributed by atoms with Gasteiger partial charge in [0.25, 0.3) is 5.91 Å². The molecule has 1 atom stereocenters. The first kappa shape index (κ1) is 16.3. The van der Waals surface area contributed by atoms with E-state index < -0.39 is 0 Å². The van der Waals surface area contributed by atoms with Gasteiger partial charge in [-0.05, 0) is 24.1 Å². The number of nitrogens with zero attached hydrogens (tertiary/aromatic N) is 1. The topological polar surface area (TPSA) is 46.3 Å². The van der Waals surface area contributed by atoms with Crippen LogP contribution >= 0.6 is 24.2 Å². The summed E-state index contributed by atoms with van der Waals surface area (Å²) in [5.41, 5.74) is 7.39. The van der Waals surface area contributed by atoms with Gasteiger partial charge in [0.1, 0.15) is 0 Å². The molecule has 1 fully saturated rings. The predicted octanol–water partition coefficient (Wildman–Crippen LogP) is 2.53. The summed E-state index contributed by atoms with van der Waals surface area (Å²) in [6.45, 7) is 4.44. The third-order valence-corrected chi connectivity index (χ3v) is 4.69. The highest BCUT2D eigenvalue weighted by Crippen LogP contribution is 2.22. The second-order valence-electron chi connectivity index (χ2n) is 4.55. The molecule has 19 heavy (non-hydrogen) atoms. The van der Waals surface area contributed by atoms with Gasteiger partial charge < -0.3 is 10.6 Å². The Morgan fingerprint density at radius 2 is 2.11 bits per heavy atom. The Hall–Kier alpha value is -0.710. The van der Waals surface area contributed by atoms with Crippen LogP contribution in [0.4, 0.5) is 0 Å².